The molecule has 0 saturated carbocycles. The second kappa shape index (κ2) is 5.53. The summed E-state index contributed by atoms with van der Waals surface area (Å²) in [5.41, 5.74) is 0. The molecule has 0 fully saturated rings. The molecule has 0 aromatic carbocycles. The number of carbonyl (C=O) groups is 2. The molecule has 0 aliphatic carbocycles. The van der Waals surface area contributed by atoms with E-state index in [-0.39, 0.29) is 14.6 Å². The van der Waals surface area contributed by atoms with E-state index in [2.05, 4.69) is 17.9 Å². The summed E-state index contributed by atoms with van der Waals surface area (Å²) in [6, 6.07) is 0. The van der Waals surface area contributed by atoms with E-state index < -0.39 is 11.7 Å². The summed E-state index contributed by atoms with van der Waals surface area (Å²) in [6.45, 7) is 6.64. The van der Waals surface area contributed by atoms with Gasteiger partial charge < -0.3 is 4.74 Å². The van der Waals surface area contributed by atoms with Gasteiger partial charge in [-0.25, -0.2) is 0 Å². The molecule has 3 nitrogen and oxygen atoms in total. The van der Waals surface area contributed by atoms with Crippen molar-refractivity contribution in [1.29, 1.82) is 0 Å². The van der Waals surface area contributed by atoms with Crippen LogP contribution in [0.25, 0.3) is 0 Å². The fraction of sp³-hybridized carbons (Fsp3) is 0. The normalized spacial score (nSPS) is 7.64. The minimum absolute atomic E-state index is 0.0584. The summed E-state index contributed by atoms with van der Waals surface area (Å²) in [5.74, 6) is 1.60. The average molecular weight is 150 g/mol. The molecule has 0 amide bonds. The molecule has 0 rings (SSSR count). The Morgan fingerprint density at radius 2 is 1.45 bits per heavy atom. The van der Waals surface area contributed by atoms with Crippen molar-refractivity contribution in [2.24, 2.45) is 0 Å². The Morgan fingerprint density at radius 3 is 1.73 bits per heavy atom. The molecule has 0 radical (unpaired) electrons. The van der Waals surface area contributed by atoms with Crippen LogP contribution in [0.5, 0.6) is 0 Å². The van der Waals surface area contributed by atoms with Crippen LogP contribution in [0.1, 0.15) is 0 Å². The first-order chi connectivity index (χ1) is 5.20. The van der Waals surface area contributed by atoms with Crippen molar-refractivity contribution in [1.82, 2.24) is 0 Å². The quantitative estimate of drug-likeness (QED) is 0.430. The van der Waals surface area contributed by atoms with E-state index in [0.717, 1.165) is 0 Å². The van der Waals surface area contributed by atoms with Gasteiger partial charge in [0.2, 0.25) is 0 Å². The van der Waals surface area contributed by atoms with Crippen molar-refractivity contribution in [3.05, 3.63) is 25.1 Å². The first-order valence-corrected chi connectivity index (χ1v) is 3.16. The highest BCUT2D eigenvalue weighted by atomic mass is 16.6. The summed E-state index contributed by atoms with van der Waals surface area (Å²) in [7, 11) is 0.117. The third-order valence-corrected chi connectivity index (χ3v) is 0.850. The maximum Gasteiger partial charge on any atom is 0.285 e. The number of hydrogen-bond donors (Lipinski definition) is 0. The first kappa shape index (κ1) is 9.75. The predicted octanol–water partition coefficient (Wildman–Crippen LogP) is 0.403. The largest absolute Gasteiger partial charge is 0.410 e. The molecule has 0 unspecified atom stereocenters. The zero-order chi connectivity index (χ0) is 8.69. The van der Waals surface area contributed by atoms with E-state index >= 15 is 0 Å². The van der Waals surface area contributed by atoms with Gasteiger partial charge in [-0.15, -0.1) is 25.1 Å². The lowest BCUT2D eigenvalue weighted by molar-refractivity contribution is 0.184. The molecule has 0 aromatic heterocycles. The van der Waals surface area contributed by atoms with E-state index in [1.807, 2.05) is 0 Å². The molecule has 0 aliphatic heterocycles. The van der Waals surface area contributed by atoms with E-state index in [9.17, 15) is 9.59 Å². The van der Waals surface area contributed by atoms with Crippen molar-refractivity contribution in [3.8, 4) is 0 Å². The molecular weight excluding hydrogens is 142 g/mol. The van der Waals surface area contributed by atoms with E-state index in [1.165, 1.54) is 12.0 Å². The van der Waals surface area contributed by atoms with Crippen LogP contribution in [-0.4, -0.2) is 26.3 Å². The van der Waals surface area contributed by atoms with Crippen molar-refractivity contribution >= 4 is 26.3 Å². The Labute approximate surface area is 66.6 Å². The van der Waals surface area contributed by atoms with Crippen LogP contribution >= 0.6 is 0 Å². The Morgan fingerprint density at radius 1 is 1.09 bits per heavy atom. The summed E-state index contributed by atoms with van der Waals surface area (Å²) in [4.78, 5) is 21.2. The zero-order valence-corrected chi connectivity index (χ0v) is 6.21. The zero-order valence-electron chi connectivity index (χ0n) is 6.21. The van der Waals surface area contributed by atoms with E-state index in [1.54, 1.807) is 0 Å². The Bertz CT molecular complexity index is 168. The maximum atomic E-state index is 10.6. The van der Waals surface area contributed by atoms with Gasteiger partial charge in [0.15, 0.2) is 0 Å². The molecule has 0 saturated heterocycles. The fourth-order valence-electron chi connectivity index (χ4n) is 0.446. The predicted molar refractivity (Wildman–Crippen MR) is 46.6 cm³/mol. The van der Waals surface area contributed by atoms with Gasteiger partial charge in [0, 0.05) is 0 Å². The van der Waals surface area contributed by atoms with Gasteiger partial charge in [-0.1, -0.05) is 0 Å². The van der Waals surface area contributed by atoms with Gasteiger partial charge in [0.25, 0.3) is 26.3 Å². The van der Waals surface area contributed by atoms with Crippen LogP contribution < -0.4 is 0 Å². The third-order valence-electron chi connectivity index (χ3n) is 0.850. The highest BCUT2D eigenvalue weighted by Crippen LogP contribution is 1.83. The number of carbonyl (C=O) groups excluding carboxylic acids is 2. The lowest BCUT2D eigenvalue weighted by Gasteiger charge is -1.95. The second-order valence-electron chi connectivity index (χ2n) is 1.83. The molecule has 11 heavy (non-hydrogen) atoms. The number of hydrogen-bond acceptors (Lipinski definition) is 3. The van der Waals surface area contributed by atoms with E-state index in [0.29, 0.717) is 0 Å². The van der Waals surface area contributed by atoms with Crippen LogP contribution in [0, 0.1) is 0 Å². The Balaban J connectivity index is 3.65. The topological polar surface area (TPSA) is 43.4 Å². The lowest BCUT2D eigenvalue weighted by Crippen LogP contribution is -2.17. The summed E-state index contributed by atoms with van der Waals surface area (Å²) < 4.78 is 4.31. The van der Waals surface area contributed by atoms with Crippen LogP contribution in [0.15, 0.2) is 25.1 Å². The molecule has 0 bridgehead atoms. The summed E-state index contributed by atoms with van der Waals surface area (Å²) >= 11 is 0. The number of rotatable bonds is 4. The van der Waals surface area contributed by atoms with Gasteiger partial charge in [-0.05, 0) is 0 Å². The van der Waals surface area contributed by atoms with Gasteiger partial charge in [0.1, 0.15) is 0 Å². The van der Waals surface area contributed by atoms with E-state index in [4.69, 9.17) is 0 Å². The smallest absolute Gasteiger partial charge is 0.285 e. The Hall–Kier alpha value is -1.25. The van der Waals surface area contributed by atoms with Crippen LogP contribution in [0.2, 0.25) is 0 Å². The number of ether oxygens (including phenoxy) is 1. The highest BCUT2D eigenvalue weighted by Gasteiger charge is 2.07. The maximum absolute atomic E-state index is 10.6. The Kier molecular flexibility index (Phi) is 4.90. The minimum Gasteiger partial charge on any atom is -0.410 e. The molecule has 0 heterocycles. The van der Waals surface area contributed by atoms with Crippen molar-refractivity contribution in [2.75, 3.05) is 0 Å². The molecule has 0 aromatic rings. The molecule has 0 atom stereocenters. The average Bonchev–Trinajstić information content (AvgIpc) is 1.87. The monoisotopic (exact) mass is 150 g/mol. The van der Waals surface area contributed by atoms with Gasteiger partial charge in [-0.3, -0.25) is 9.59 Å². The highest BCUT2D eigenvalue weighted by molar-refractivity contribution is 6.81. The SMILES string of the molecule is C=CBC(=O)OC(=O)BC=C. The third kappa shape index (κ3) is 5.21. The fourth-order valence-corrected chi connectivity index (χ4v) is 0.446. The molecular formula is C6H8B2O3. The molecule has 0 aliphatic rings. The molecule has 0 spiro atoms. The first-order valence-electron chi connectivity index (χ1n) is 3.16. The minimum atomic E-state index is -0.577. The lowest BCUT2D eigenvalue weighted by atomic mass is 9.77. The van der Waals surface area contributed by atoms with Gasteiger partial charge in [0.05, 0.1) is 0 Å². The van der Waals surface area contributed by atoms with Crippen molar-refractivity contribution in [3.63, 3.8) is 0 Å². The molecule has 0 N–H and O–H groups in total. The molecule has 56 valence electrons. The molecule has 5 heteroatoms. The summed E-state index contributed by atoms with van der Waals surface area (Å²) in [5, 5.41) is 0. The van der Waals surface area contributed by atoms with Crippen LogP contribution in [0.4, 0.5) is 9.59 Å². The van der Waals surface area contributed by atoms with Crippen molar-refractivity contribution in [2.45, 2.75) is 0 Å². The van der Waals surface area contributed by atoms with Crippen LogP contribution in [0.3, 0.4) is 0 Å². The van der Waals surface area contributed by atoms with Gasteiger partial charge in [-0.2, -0.15) is 0 Å². The van der Waals surface area contributed by atoms with Crippen molar-refractivity contribution < 1.29 is 14.3 Å². The second-order valence-corrected chi connectivity index (χ2v) is 1.83. The van der Waals surface area contributed by atoms with Crippen LogP contribution in [-0.2, 0) is 4.74 Å². The van der Waals surface area contributed by atoms with Gasteiger partial charge >= 0.3 is 0 Å². The summed E-state index contributed by atoms with van der Waals surface area (Å²) in [6.07, 6.45) is 0. The standard InChI is InChI=1S/C6H8B2O3/c1-3-7-5(9)11-6(10)8-4-2/h3-4,7-8H,1-2H2.